The number of nitrogens with one attached hydrogen (secondary N) is 1. The number of hydrogen-bond acceptors (Lipinski definition) is 4. The number of benzene rings is 1. The van der Waals surface area contributed by atoms with Crippen LogP contribution in [0.4, 0.5) is 0 Å². The van der Waals surface area contributed by atoms with Crippen LogP contribution in [-0.4, -0.2) is 15.5 Å². The maximum absolute atomic E-state index is 12.6. The van der Waals surface area contributed by atoms with E-state index in [2.05, 4.69) is 69.2 Å². The average Bonchev–Trinajstić information content (AvgIpc) is 3.14. The van der Waals surface area contributed by atoms with E-state index in [-0.39, 0.29) is 35.3 Å². The van der Waals surface area contributed by atoms with Crippen LogP contribution in [0.2, 0.25) is 0 Å². The minimum absolute atomic E-state index is 0.0641. The van der Waals surface area contributed by atoms with Gasteiger partial charge in [0.1, 0.15) is 4.83 Å². The number of carbonyl (C=O) groups is 1. The van der Waals surface area contributed by atoms with Crippen molar-refractivity contribution in [2.45, 2.75) is 59.0 Å². The SMILES string of the molecule is CC(C)C(NC(=O)CCn1cnc2sccc2c1=O)c1ccc(C(C)(C)C)cc1. The fourth-order valence-electron chi connectivity index (χ4n) is 3.35. The molecule has 0 saturated heterocycles. The number of carbonyl (C=O) groups excluding carboxylic acids is 1. The summed E-state index contributed by atoms with van der Waals surface area (Å²) in [5, 5.41) is 5.60. The minimum Gasteiger partial charge on any atom is -0.349 e. The summed E-state index contributed by atoms with van der Waals surface area (Å²) in [5.74, 6) is 0.187. The second-order valence-electron chi connectivity index (χ2n) is 8.79. The molecule has 6 heteroatoms. The molecule has 0 aliphatic carbocycles. The molecule has 5 nitrogen and oxygen atoms in total. The van der Waals surface area contributed by atoms with Gasteiger partial charge in [0, 0.05) is 13.0 Å². The van der Waals surface area contributed by atoms with Gasteiger partial charge in [-0.2, -0.15) is 0 Å². The highest BCUT2D eigenvalue weighted by Gasteiger charge is 2.20. The predicted molar refractivity (Wildman–Crippen MR) is 119 cm³/mol. The Labute approximate surface area is 175 Å². The molecule has 1 unspecified atom stereocenters. The van der Waals surface area contributed by atoms with E-state index in [1.165, 1.54) is 27.8 Å². The van der Waals surface area contributed by atoms with Crippen molar-refractivity contribution in [2.75, 3.05) is 0 Å². The molecular formula is C23H29N3O2S. The van der Waals surface area contributed by atoms with E-state index in [9.17, 15) is 9.59 Å². The normalized spacial score (nSPS) is 13.0. The quantitative estimate of drug-likeness (QED) is 0.642. The molecule has 1 atom stereocenters. The van der Waals surface area contributed by atoms with Crippen molar-refractivity contribution >= 4 is 27.5 Å². The maximum atomic E-state index is 12.6. The lowest BCUT2D eigenvalue weighted by Crippen LogP contribution is -2.33. The molecule has 154 valence electrons. The Bertz CT molecular complexity index is 1040. The van der Waals surface area contributed by atoms with Crippen LogP contribution in [0.1, 0.15) is 58.2 Å². The number of hydrogen-bond donors (Lipinski definition) is 1. The Morgan fingerprint density at radius 2 is 1.86 bits per heavy atom. The predicted octanol–water partition coefficient (Wildman–Crippen LogP) is 4.66. The Hall–Kier alpha value is -2.47. The van der Waals surface area contributed by atoms with E-state index in [1.807, 2.05) is 5.38 Å². The van der Waals surface area contributed by atoms with Crippen LogP contribution >= 0.6 is 11.3 Å². The van der Waals surface area contributed by atoms with Crippen LogP contribution in [0.5, 0.6) is 0 Å². The topological polar surface area (TPSA) is 64.0 Å². The summed E-state index contributed by atoms with van der Waals surface area (Å²) in [7, 11) is 0. The number of amides is 1. The molecule has 2 heterocycles. The van der Waals surface area contributed by atoms with Crippen molar-refractivity contribution in [3.63, 3.8) is 0 Å². The third-order valence-corrected chi connectivity index (χ3v) is 5.97. The van der Waals surface area contributed by atoms with Gasteiger partial charge in [-0.1, -0.05) is 58.9 Å². The van der Waals surface area contributed by atoms with Gasteiger partial charge in [0.05, 0.1) is 17.8 Å². The monoisotopic (exact) mass is 411 g/mol. The standard InChI is InChI=1S/C23H29N3O2S/c1-15(2)20(16-6-8-17(9-7-16)23(3,4)5)25-19(27)10-12-26-14-24-21-18(22(26)28)11-13-29-21/h6-9,11,13-15,20H,10,12H2,1-5H3,(H,25,27). The molecule has 1 N–H and O–H groups in total. The van der Waals surface area contributed by atoms with Crippen molar-refractivity contribution in [1.82, 2.24) is 14.9 Å². The highest BCUT2D eigenvalue weighted by atomic mass is 32.1. The van der Waals surface area contributed by atoms with E-state index in [0.29, 0.717) is 11.9 Å². The molecule has 0 radical (unpaired) electrons. The minimum atomic E-state index is -0.0952. The van der Waals surface area contributed by atoms with Gasteiger partial charge < -0.3 is 5.32 Å². The highest BCUT2D eigenvalue weighted by Crippen LogP contribution is 2.26. The molecule has 1 aromatic carbocycles. The summed E-state index contributed by atoms with van der Waals surface area (Å²) in [4.78, 5) is 30.1. The Morgan fingerprint density at radius 1 is 1.17 bits per heavy atom. The first kappa shape index (κ1) is 21.2. The number of nitrogens with zero attached hydrogens (tertiary/aromatic N) is 2. The highest BCUT2D eigenvalue weighted by molar-refractivity contribution is 7.16. The summed E-state index contributed by atoms with van der Waals surface area (Å²) in [6, 6.07) is 10.2. The molecule has 3 rings (SSSR count). The first-order valence-electron chi connectivity index (χ1n) is 9.99. The average molecular weight is 412 g/mol. The zero-order valence-electron chi connectivity index (χ0n) is 17.7. The summed E-state index contributed by atoms with van der Waals surface area (Å²) < 4.78 is 1.51. The van der Waals surface area contributed by atoms with Gasteiger partial charge in [0.2, 0.25) is 5.91 Å². The number of thiophene rings is 1. The van der Waals surface area contributed by atoms with Crippen LogP contribution in [0, 0.1) is 5.92 Å². The third kappa shape index (κ3) is 4.93. The van der Waals surface area contributed by atoms with E-state index < -0.39 is 0 Å². The molecule has 0 bridgehead atoms. The van der Waals surface area contributed by atoms with Crippen molar-refractivity contribution in [3.05, 3.63) is 63.5 Å². The van der Waals surface area contributed by atoms with Gasteiger partial charge in [-0.25, -0.2) is 4.98 Å². The Balaban J connectivity index is 1.68. The number of fused-ring (bicyclic) bond motifs is 1. The van der Waals surface area contributed by atoms with Gasteiger partial charge in [-0.3, -0.25) is 14.2 Å². The van der Waals surface area contributed by atoms with Crippen molar-refractivity contribution in [1.29, 1.82) is 0 Å². The van der Waals surface area contributed by atoms with Gasteiger partial charge in [-0.05, 0) is 33.9 Å². The van der Waals surface area contributed by atoms with Gasteiger partial charge in [-0.15, -0.1) is 11.3 Å². The molecule has 0 saturated carbocycles. The molecule has 0 aliphatic rings. The van der Waals surface area contributed by atoms with Crippen LogP contribution < -0.4 is 10.9 Å². The van der Waals surface area contributed by atoms with Crippen molar-refractivity contribution in [3.8, 4) is 0 Å². The summed E-state index contributed by atoms with van der Waals surface area (Å²) in [6.07, 6.45) is 1.76. The van der Waals surface area contributed by atoms with Crippen molar-refractivity contribution in [2.24, 2.45) is 5.92 Å². The Kier molecular flexibility index (Phi) is 6.22. The zero-order chi connectivity index (χ0) is 21.2. The second-order valence-corrected chi connectivity index (χ2v) is 9.69. The fraction of sp³-hybridized carbons (Fsp3) is 0.435. The van der Waals surface area contributed by atoms with E-state index in [1.54, 1.807) is 6.07 Å². The maximum Gasteiger partial charge on any atom is 0.262 e. The van der Waals surface area contributed by atoms with E-state index in [4.69, 9.17) is 0 Å². The van der Waals surface area contributed by atoms with E-state index >= 15 is 0 Å². The summed E-state index contributed by atoms with van der Waals surface area (Å²) in [6.45, 7) is 11.1. The van der Waals surface area contributed by atoms with Crippen molar-refractivity contribution < 1.29 is 4.79 Å². The summed E-state index contributed by atoms with van der Waals surface area (Å²) in [5.41, 5.74) is 2.37. The first-order chi connectivity index (χ1) is 13.7. The van der Waals surface area contributed by atoms with Crippen LogP contribution in [0.15, 0.2) is 46.8 Å². The number of aromatic nitrogens is 2. The number of aryl methyl sites for hydroxylation is 1. The molecular weight excluding hydrogens is 382 g/mol. The first-order valence-corrected chi connectivity index (χ1v) is 10.9. The van der Waals surface area contributed by atoms with Crippen LogP contribution in [0.25, 0.3) is 10.2 Å². The third-order valence-electron chi connectivity index (χ3n) is 5.15. The molecule has 1 amide bonds. The van der Waals surface area contributed by atoms with E-state index in [0.717, 1.165) is 10.4 Å². The van der Waals surface area contributed by atoms with Gasteiger partial charge in [0.25, 0.3) is 5.56 Å². The lowest BCUT2D eigenvalue weighted by atomic mass is 9.85. The fourth-order valence-corrected chi connectivity index (χ4v) is 4.07. The van der Waals surface area contributed by atoms with Crippen LogP contribution in [0.3, 0.4) is 0 Å². The molecule has 0 fully saturated rings. The molecule has 29 heavy (non-hydrogen) atoms. The zero-order valence-corrected chi connectivity index (χ0v) is 18.5. The molecule has 0 spiro atoms. The van der Waals surface area contributed by atoms with Gasteiger partial charge in [0.15, 0.2) is 0 Å². The van der Waals surface area contributed by atoms with Crippen LogP contribution in [-0.2, 0) is 16.8 Å². The second kappa shape index (κ2) is 8.49. The van der Waals surface area contributed by atoms with Gasteiger partial charge >= 0.3 is 0 Å². The lowest BCUT2D eigenvalue weighted by Gasteiger charge is -2.25. The lowest BCUT2D eigenvalue weighted by molar-refractivity contribution is -0.122. The largest absolute Gasteiger partial charge is 0.349 e. The molecule has 2 aromatic heterocycles. The summed E-state index contributed by atoms with van der Waals surface area (Å²) >= 11 is 1.44. The molecule has 0 aliphatic heterocycles. The number of rotatable bonds is 6. The molecule has 3 aromatic rings. The smallest absolute Gasteiger partial charge is 0.262 e. The Morgan fingerprint density at radius 3 is 2.48 bits per heavy atom.